The van der Waals surface area contributed by atoms with Crippen molar-refractivity contribution in [3.05, 3.63) is 84.8 Å². The fourth-order valence-electron chi connectivity index (χ4n) is 6.29. The first-order valence-electron chi connectivity index (χ1n) is 15.5. The number of aromatic amines is 2. The second-order valence-electron chi connectivity index (χ2n) is 12.2. The Labute approximate surface area is 261 Å². The number of imidazole rings is 1. The van der Waals surface area contributed by atoms with Crippen molar-refractivity contribution in [3.8, 4) is 33.8 Å². The molecule has 1 aliphatic rings. The largest absolute Gasteiger partial charge is 0.358 e. The Balaban J connectivity index is 1.20. The van der Waals surface area contributed by atoms with Gasteiger partial charge in [-0.1, -0.05) is 25.5 Å². The number of nitrogens with one attached hydrogen (secondary N) is 3. The van der Waals surface area contributed by atoms with Gasteiger partial charge >= 0.3 is 0 Å². The summed E-state index contributed by atoms with van der Waals surface area (Å²) in [5.41, 5.74) is 8.93. The number of H-pyrrole nitrogens is 2. The summed E-state index contributed by atoms with van der Waals surface area (Å²) < 4.78 is 14.8. The molecular weight excluding hydrogens is 565 g/mol. The maximum Gasteiger partial charge on any atom is 0.181 e. The number of anilines is 1. The average Bonchev–Trinajstić information content (AvgIpc) is 3.80. The van der Waals surface area contributed by atoms with E-state index in [4.69, 9.17) is 4.98 Å². The van der Waals surface area contributed by atoms with Crippen LogP contribution in [0.15, 0.2) is 73.5 Å². The first-order chi connectivity index (χ1) is 21.9. The molecule has 0 spiro atoms. The van der Waals surface area contributed by atoms with E-state index in [2.05, 4.69) is 59.1 Å². The van der Waals surface area contributed by atoms with E-state index in [1.54, 1.807) is 24.5 Å². The zero-order valence-corrected chi connectivity index (χ0v) is 25.6. The predicted octanol–water partition coefficient (Wildman–Crippen LogP) is 7.37. The molecule has 0 amide bonds. The average molecular weight is 602 g/mol. The number of halogens is 1. The lowest BCUT2D eigenvalue weighted by Crippen LogP contribution is -2.13. The van der Waals surface area contributed by atoms with Crippen molar-refractivity contribution in [2.75, 3.05) is 26.0 Å². The smallest absolute Gasteiger partial charge is 0.181 e. The van der Waals surface area contributed by atoms with E-state index in [0.29, 0.717) is 28.7 Å². The van der Waals surface area contributed by atoms with E-state index in [0.717, 1.165) is 69.5 Å². The molecule has 0 aliphatic heterocycles. The summed E-state index contributed by atoms with van der Waals surface area (Å²) in [6, 6.07) is 11.2. The molecule has 228 valence electrons. The van der Waals surface area contributed by atoms with Crippen LogP contribution in [-0.4, -0.2) is 60.7 Å². The quantitative estimate of drug-likeness (QED) is 0.150. The number of benzene rings is 1. The molecule has 6 aromatic rings. The Hall–Kier alpha value is -4.96. The standard InChI is InChI=1S/C35H36FN9/c1-21(23-8-4-5-9-23)40-28-16-25(18-37-20-28)26-17-30-32(43-44-33(30)39-19-26)35-41-31-29(10-11-38-34(31)42-35)24-13-22(14-27(36)15-24)7-6-12-45(2)3/h10-11,13-20,23,40H,1,4-9,12H2,2-3H3,(H,38,41,42)(H,39,43,44). The molecule has 5 heterocycles. The second-order valence-corrected chi connectivity index (χ2v) is 12.2. The van der Waals surface area contributed by atoms with Gasteiger partial charge in [0.25, 0.3) is 0 Å². The predicted molar refractivity (Wildman–Crippen MR) is 177 cm³/mol. The number of nitrogens with zero attached hydrogens (tertiary/aromatic N) is 6. The summed E-state index contributed by atoms with van der Waals surface area (Å²) in [4.78, 5) is 24.0. The van der Waals surface area contributed by atoms with E-state index in [9.17, 15) is 4.39 Å². The molecule has 1 aromatic carbocycles. The summed E-state index contributed by atoms with van der Waals surface area (Å²) >= 11 is 0. The maximum absolute atomic E-state index is 14.8. The number of hydrogen-bond donors (Lipinski definition) is 3. The molecule has 3 N–H and O–H groups in total. The first-order valence-corrected chi connectivity index (χ1v) is 15.5. The van der Waals surface area contributed by atoms with Crippen molar-refractivity contribution >= 4 is 27.9 Å². The highest BCUT2D eigenvalue weighted by Crippen LogP contribution is 2.34. The molecule has 0 saturated heterocycles. The van der Waals surface area contributed by atoms with Crippen LogP contribution in [0.25, 0.3) is 56.0 Å². The second kappa shape index (κ2) is 12.2. The SMILES string of the molecule is C=C(Nc1cncc(-c2cnc3n[nH]c(-c4nc5nccc(-c6cc(F)cc(CCCN(C)C)c6)c5[nH]4)c3c2)c1)C1CCCC1. The van der Waals surface area contributed by atoms with Crippen LogP contribution in [0.4, 0.5) is 10.1 Å². The van der Waals surface area contributed by atoms with Gasteiger partial charge in [0.1, 0.15) is 11.5 Å². The normalized spacial score (nSPS) is 13.8. The number of aryl methyl sites for hydroxylation is 1. The number of fused-ring (bicyclic) bond motifs is 2. The molecule has 0 unspecified atom stereocenters. The van der Waals surface area contributed by atoms with Gasteiger partial charge in [0.2, 0.25) is 0 Å². The van der Waals surface area contributed by atoms with Crippen LogP contribution in [0.5, 0.6) is 0 Å². The van der Waals surface area contributed by atoms with Crippen molar-refractivity contribution in [1.29, 1.82) is 0 Å². The monoisotopic (exact) mass is 601 g/mol. The van der Waals surface area contributed by atoms with Crippen LogP contribution < -0.4 is 5.32 Å². The van der Waals surface area contributed by atoms with Gasteiger partial charge in [0, 0.05) is 41.0 Å². The minimum atomic E-state index is -0.258. The minimum Gasteiger partial charge on any atom is -0.358 e. The Morgan fingerprint density at radius 3 is 2.69 bits per heavy atom. The van der Waals surface area contributed by atoms with Gasteiger partial charge in [0.15, 0.2) is 17.1 Å². The molecule has 9 nitrogen and oxygen atoms in total. The zero-order valence-electron chi connectivity index (χ0n) is 25.6. The molecular formula is C35H36FN9. The highest BCUT2D eigenvalue weighted by atomic mass is 19.1. The highest BCUT2D eigenvalue weighted by Gasteiger charge is 2.19. The molecule has 1 fully saturated rings. The van der Waals surface area contributed by atoms with Gasteiger partial charge in [-0.25, -0.2) is 19.3 Å². The minimum absolute atomic E-state index is 0.258. The van der Waals surface area contributed by atoms with Gasteiger partial charge in [-0.3, -0.25) is 10.1 Å². The lowest BCUT2D eigenvalue weighted by Gasteiger charge is -2.15. The van der Waals surface area contributed by atoms with Crippen LogP contribution in [0, 0.1) is 11.7 Å². The molecule has 10 heteroatoms. The van der Waals surface area contributed by atoms with E-state index in [1.165, 1.54) is 25.7 Å². The Morgan fingerprint density at radius 2 is 1.84 bits per heavy atom. The van der Waals surface area contributed by atoms with E-state index >= 15 is 0 Å². The van der Waals surface area contributed by atoms with Crippen LogP contribution in [-0.2, 0) is 6.42 Å². The fraction of sp³-hybridized carbons (Fsp3) is 0.286. The molecule has 7 rings (SSSR count). The third-order valence-corrected chi connectivity index (χ3v) is 8.60. The van der Waals surface area contributed by atoms with Crippen molar-refractivity contribution in [1.82, 2.24) is 40.0 Å². The van der Waals surface area contributed by atoms with Crippen molar-refractivity contribution in [3.63, 3.8) is 0 Å². The Bertz CT molecular complexity index is 2000. The maximum atomic E-state index is 14.8. The molecule has 0 radical (unpaired) electrons. The van der Waals surface area contributed by atoms with Crippen LogP contribution in [0.3, 0.4) is 0 Å². The van der Waals surface area contributed by atoms with E-state index in [-0.39, 0.29) is 5.82 Å². The topological polar surface area (TPSA) is 111 Å². The van der Waals surface area contributed by atoms with Gasteiger partial charge < -0.3 is 15.2 Å². The van der Waals surface area contributed by atoms with Crippen LogP contribution >= 0.6 is 0 Å². The summed E-state index contributed by atoms with van der Waals surface area (Å²) in [6.07, 6.45) is 13.8. The van der Waals surface area contributed by atoms with Gasteiger partial charge in [0.05, 0.1) is 22.8 Å². The summed E-state index contributed by atoms with van der Waals surface area (Å²) in [6.45, 7) is 5.23. The summed E-state index contributed by atoms with van der Waals surface area (Å²) in [5.74, 6) is 0.831. The number of rotatable bonds is 10. The summed E-state index contributed by atoms with van der Waals surface area (Å²) in [7, 11) is 4.09. The molecule has 1 aliphatic carbocycles. The number of pyridine rings is 3. The first kappa shape index (κ1) is 28.8. The number of aromatic nitrogens is 7. The van der Waals surface area contributed by atoms with Crippen molar-refractivity contribution < 1.29 is 4.39 Å². The van der Waals surface area contributed by atoms with Gasteiger partial charge in [-0.2, -0.15) is 5.10 Å². The summed E-state index contributed by atoms with van der Waals surface area (Å²) in [5, 5.41) is 11.8. The van der Waals surface area contributed by atoms with Gasteiger partial charge in [-0.05, 0) is 93.7 Å². The zero-order chi connectivity index (χ0) is 30.9. The van der Waals surface area contributed by atoms with E-state index in [1.807, 2.05) is 38.6 Å². The van der Waals surface area contributed by atoms with Crippen molar-refractivity contribution in [2.45, 2.75) is 38.5 Å². The highest BCUT2D eigenvalue weighted by molar-refractivity contribution is 5.96. The molecule has 45 heavy (non-hydrogen) atoms. The Kier molecular flexibility index (Phi) is 7.81. The molecule has 1 saturated carbocycles. The van der Waals surface area contributed by atoms with Gasteiger partial charge in [-0.15, -0.1) is 0 Å². The molecule has 5 aromatic heterocycles. The number of allylic oxidation sites excluding steroid dienone is 1. The third-order valence-electron chi connectivity index (χ3n) is 8.60. The molecule has 0 atom stereocenters. The van der Waals surface area contributed by atoms with Crippen LogP contribution in [0.1, 0.15) is 37.7 Å². The Morgan fingerprint density at radius 1 is 1.00 bits per heavy atom. The van der Waals surface area contributed by atoms with E-state index < -0.39 is 0 Å². The fourth-order valence-corrected chi connectivity index (χ4v) is 6.29. The number of hydrogen-bond acceptors (Lipinski definition) is 7. The lowest BCUT2D eigenvalue weighted by molar-refractivity contribution is 0.400. The van der Waals surface area contributed by atoms with Crippen LogP contribution in [0.2, 0.25) is 0 Å². The third kappa shape index (κ3) is 6.06. The lowest BCUT2D eigenvalue weighted by atomic mass is 10.0. The molecule has 0 bridgehead atoms. The van der Waals surface area contributed by atoms with Crippen molar-refractivity contribution in [2.24, 2.45) is 5.92 Å².